The van der Waals surface area contributed by atoms with E-state index in [1.807, 2.05) is 0 Å². The summed E-state index contributed by atoms with van der Waals surface area (Å²) in [5.41, 5.74) is 0.0290. The topological polar surface area (TPSA) is 60.4 Å². The second kappa shape index (κ2) is 3.54. The van der Waals surface area contributed by atoms with Crippen molar-refractivity contribution in [1.82, 2.24) is 0 Å². The Morgan fingerprint density at radius 1 is 1.17 bits per heavy atom. The number of hydrogen-bond acceptors (Lipinski definition) is 2. The average Bonchev–Trinajstić information content (AvgIpc) is 2.00. The molecule has 1 radical (unpaired) electrons. The fourth-order valence-electron chi connectivity index (χ4n) is 0.746. The first-order chi connectivity index (χ1) is 5.54. The van der Waals surface area contributed by atoms with Crippen LogP contribution in [0, 0.1) is 0 Å². The van der Waals surface area contributed by atoms with E-state index in [4.69, 9.17) is 33.2 Å². The molecule has 0 spiro atoms. The van der Waals surface area contributed by atoms with Gasteiger partial charge in [-0.25, -0.2) is 0 Å². The molecule has 6 heteroatoms. The minimum Gasteiger partial charge on any atom is -0.423 e. The highest BCUT2D eigenvalue weighted by molar-refractivity contribution is 6.64. The first kappa shape index (κ1) is 9.67. The van der Waals surface area contributed by atoms with E-state index in [0.29, 0.717) is 0 Å². The summed E-state index contributed by atoms with van der Waals surface area (Å²) < 4.78 is 0. The Kier molecular flexibility index (Phi) is 2.85. The van der Waals surface area contributed by atoms with Gasteiger partial charge < -0.3 is 10.0 Å². The van der Waals surface area contributed by atoms with E-state index in [9.17, 15) is 5.11 Å². The van der Waals surface area contributed by atoms with Gasteiger partial charge in [0.25, 0.3) is 0 Å². The van der Waals surface area contributed by atoms with E-state index in [0.717, 1.165) is 6.07 Å². The molecule has 63 valence electrons. The van der Waals surface area contributed by atoms with E-state index in [1.165, 1.54) is 6.07 Å². The summed E-state index contributed by atoms with van der Waals surface area (Å²) in [5, 5.41) is 28.0. The van der Waals surface area contributed by atoms with Crippen LogP contribution in [-0.4, -0.2) is 17.2 Å². The normalized spacial score (nSPS) is 10.0. The van der Waals surface area contributed by atoms with Crippen molar-refractivity contribution >= 4 is 35.8 Å². The van der Waals surface area contributed by atoms with Crippen LogP contribution in [0.1, 0.15) is 0 Å². The van der Waals surface area contributed by atoms with Crippen molar-refractivity contribution in [3.05, 3.63) is 22.2 Å². The summed E-state index contributed by atoms with van der Waals surface area (Å²) in [6.45, 7) is 0. The largest absolute Gasteiger partial charge is 0.490 e. The van der Waals surface area contributed by atoms with Crippen molar-refractivity contribution < 1.29 is 15.2 Å². The third-order valence-corrected chi connectivity index (χ3v) is 2.23. The van der Waals surface area contributed by atoms with E-state index < -0.39 is 12.9 Å². The lowest BCUT2D eigenvalue weighted by molar-refractivity contribution is 0.355. The highest BCUT2D eigenvalue weighted by atomic mass is 35.5. The van der Waals surface area contributed by atoms with E-state index >= 15 is 0 Å². The second-order valence-electron chi connectivity index (χ2n) is 2.15. The van der Waals surface area contributed by atoms with Gasteiger partial charge in [0.05, 0.1) is 5.02 Å². The first-order valence-electron chi connectivity index (χ1n) is 3.05. The van der Waals surface area contributed by atoms with Gasteiger partial charge in [0, 0.05) is 5.46 Å². The molecule has 0 aromatic heterocycles. The van der Waals surface area contributed by atoms with Crippen LogP contribution in [-0.2, 0) is 5.11 Å². The van der Waals surface area contributed by atoms with Crippen LogP contribution in [0.5, 0.6) is 5.75 Å². The molecule has 0 aliphatic rings. The zero-order valence-corrected chi connectivity index (χ0v) is 7.30. The average molecular weight is 206 g/mol. The molecular weight excluding hydrogens is 202 g/mol. The lowest BCUT2D eigenvalue weighted by atomic mass is 9.80. The number of hydrogen-bond donors (Lipinski definition) is 2. The summed E-state index contributed by atoms with van der Waals surface area (Å²) in [6, 6.07) is 2.35. The molecule has 0 unspecified atom stereocenters. The summed E-state index contributed by atoms with van der Waals surface area (Å²) in [7, 11) is -1.71. The predicted molar refractivity (Wildman–Crippen MR) is 46.4 cm³/mol. The highest BCUT2D eigenvalue weighted by Crippen LogP contribution is 2.29. The molecule has 0 heterocycles. The quantitative estimate of drug-likeness (QED) is 0.667. The first-order valence-corrected chi connectivity index (χ1v) is 3.80. The third kappa shape index (κ3) is 1.67. The third-order valence-electron chi connectivity index (χ3n) is 1.35. The Morgan fingerprint density at radius 2 is 1.75 bits per heavy atom. The maximum absolute atomic E-state index is 10.8. The number of benzene rings is 1. The number of halogens is 2. The van der Waals surface area contributed by atoms with Gasteiger partial charge in [0.15, 0.2) is 5.75 Å². The number of rotatable bonds is 1. The summed E-state index contributed by atoms with van der Waals surface area (Å²) in [4.78, 5) is 0. The van der Waals surface area contributed by atoms with Crippen LogP contribution < -0.4 is 5.46 Å². The fraction of sp³-hybridized carbons (Fsp3) is 0. The molecule has 3 nitrogen and oxygen atoms in total. The SMILES string of the molecule is [O]c1ccc(B(O)O)c(Cl)c1Cl. The van der Waals surface area contributed by atoms with Crippen LogP contribution in [0.3, 0.4) is 0 Å². The van der Waals surface area contributed by atoms with Crippen LogP contribution in [0.15, 0.2) is 12.1 Å². The standard InChI is InChI=1S/C6H4BCl2O3/c8-5-3(7(11)12)1-2-4(10)6(5)9/h1-2,11-12H. The van der Waals surface area contributed by atoms with Crippen LogP contribution in [0.4, 0.5) is 0 Å². The van der Waals surface area contributed by atoms with Crippen molar-refractivity contribution in [2.24, 2.45) is 0 Å². The summed E-state index contributed by atoms with van der Waals surface area (Å²) in [6.07, 6.45) is 0. The summed E-state index contributed by atoms with van der Waals surface area (Å²) >= 11 is 11.0. The molecule has 1 aromatic carbocycles. The molecule has 0 aliphatic carbocycles. The van der Waals surface area contributed by atoms with Gasteiger partial charge in [-0.3, -0.25) is 5.11 Å². The van der Waals surface area contributed by atoms with Crippen LogP contribution >= 0.6 is 23.2 Å². The molecule has 0 saturated heterocycles. The van der Waals surface area contributed by atoms with Gasteiger partial charge in [0.2, 0.25) is 0 Å². The Labute approximate surface area is 79.3 Å². The molecule has 2 N–H and O–H groups in total. The van der Waals surface area contributed by atoms with E-state index in [2.05, 4.69) is 0 Å². The van der Waals surface area contributed by atoms with Crippen molar-refractivity contribution in [1.29, 1.82) is 0 Å². The van der Waals surface area contributed by atoms with Gasteiger partial charge in [-0.2, -0.15) is 0 Å². The molecule has 0 atom stereocenters. The second-order valence-corrected chi connectivity index (χ2v) is 2.91. The van der Waals surface area contributed by atoms with Gasteiger partial charge >= 0.3 is 7.12 Å². The Morgan fingerprint density at radius 3 is 2.25 bits per heavy atom. The smallest absolute Gasteiger partial charge is 0.423 e. The van der Waals surface area contributed by atoms with E-state index in [1.54, 1.807) is 0 Å². The maximum Gasteiger partial charge on any atom is 0.490 e. The minimum atomic E-state index is -1.71. The molecular formula is C6H4BCl2O3. The molecule has 1 rings (SSSR count). The van der Waals surface area contributed by atoms with Crippen molar-refractivity contribution in [2.75, 3.05) is 0 Å². The molecule has 0 amide bonds. The monoisotopic (exact) mass is 205 g/mol. The van der Waals surface area contributed by atoms with Gasteiger partial charge in [-0.05, 0) is 6.07 Å². The lowest BCUT2D eigenvalue weighted by Gasteiger charge is -2.03. The van der Waals surface area contributed by atoms with Gasteiger partial charge in [0.1, 0.15) is 5.02 Å². The molecule has 1 aromatic rings. The van der Waals surface area contributed by atoms with Gasteiger partial charge in [-0.1, -0.05) is 29.3 Å². The van der Waals surface area contributed by atoms with Gasteiger partial charge in [-0.15, -0.1) is 0 Å². The zero-order chi connectivity index (χ0) is 9.30. The summed E-state index contributed by atoms with van der Waals surface area (Å²) in [5.74, 6) is -0.439. The van der Waals surface area contributed by atoms with Crippen LogP contribution in [0.2, 0.25) is 10.0 Å². The fourth-order valence-corrected chi connectivity index (χ4v) is 1.17. The Balaban J connectivity index is 3.27. The molecule has 0 aliphatic heterocycles. The lowest BCUT2D eigenvalue weighted by Crippen LogP contribution is -2.30. The Hall–Kier alpha value is -0.415. The zero-order valence-electron chi connectivity index (χ0n) is 5.79. The molecule has 0 saturated carbocycles. The van der Waals surface area contributed by atoms with E-state index in [-0.39, 0.29) is 15.5 Å². The molecule has 12 heavy (non-hydrogen) atoms. The maximum atomic E-state index is 10.8. The molecule has 0 fully saturated rings. The van der Waals surface area contributed by atoms with Crippen molar-refractivity contribution in [3.63, 3.8) is 0 Å². The van der Waals surface area contributed by atoms with Crippen molar-refractivity contribution in [3.8, 4) is 5.75 Å². The highest BCUT2D eigenvalue weighted by Gasteiger charge is 2.19. The minimum absolute atomic E-state index is 0.0290. The van der Waals surface area contributed by atoms with Crippen LogP contribution in [0.25, 0.3) is 0 Å². The Bertz CT molecular complexity index is 303. The van der Waals surface area contributed by atoms with Crippen molar-refractivity contribution in [2.45, 2.75) is 0 Å². The predicted octanol–water partition coefficient (Wildman–Crippen LogP) is 0.817. The molecule has 0 bridgehead atoms.